The fourth-order valence-corrected chi connectivity index (χ4v) is 4.02. The predicted molar refractivity (Wildman–Crippen MR) is 70.6 cm³/mol. The number of fused-ring (bicyclic) bond motifs is 1. The Hall–Kier alpha value is -1.34. The second kappa shape index (κ2) is 4.74. The Kier molecular flexibility index (Phi) is 3.09. The number of hydrogen-bond donors (Lipinski definition) is 0. The normalized spacial score (nSPS) is 19.6. The van der Waals surface area contributed by atoms with E-state index in [1.54, 1.807) is 11.3 Å². The van der Waals surface area contributed by atoms with E-state index >= 15 is 0 Å². The van der Waals surface area contributed by atoms with Crippen molar-refractivity contribution in [3.05, 3.63) is 21.4 Å². The molecule has 0 spiro atoms. The molecule has 0 atom stereocenters. The van der Waals surface area contributed by atoms with Crippen molar-refractivity contribution in [1.29, 1.82) is 5.26 Å². The lowest BCUT2D eigenvalue weighted by molar-refractivity contribution is 0.0712. The molecule has 0 unspecified atom stereocenters. The maximum absolute atomic E-state index is 12.4. The number of thiophene rings is 1. The number of piperidine rings is 1. The Bertz CT molecular complexity index is 485. The quantitative estimate of drug-likeness (QED) is 0.779. The Morgan fingerprint density at radius 2 is 2.17 bits per heavy atom. The molecule has 1 saturated heterocycles. The van der Waals surface area contributed by atoms with Crippen molar-refractivity contribution >= 4 is 17.2 Å². The highest BCUT2D eigenvalue weighted by Gasteiger charge is 2.26. The van der Waals surface area contributed by atoms with Crippen molar-refractivity contribution in [2.45, 2.75) is 32.1 Å². The van der Waals surface area contributed by atoms with Gasteiger partial charge in [-0.05, 0) is 43.7 Å². The molecule has 3 nitrogen and oxygen atoms in total. The van der Waals surface area contributed by atoms with Crippen LogP contribution in [-0.4, -0.2) is 23.9 Å². The van der Waals surface area contributed by atoms with Crippen LogP contribution in [0.15, 0.2) is 6.07 Å². The van der Waals surface area contributed by atoms with Gasteiger partial charge in [0.2, 0.25) is 0 Å². The zero-order chi connectivity index (χ0) is 12.5. The molecule has 4 heteroatoms. The summed E-state index contributed by atoms with van der Waals surface area (Å²) >= 11 is 1.67. The first-order valence-electron chi connectivity index (χ1n) is 6.58. The molecule has 1 aliphatic heterocycles. The summed E-state index contributed by atoms with van der Waals surface area (Å²) in [7, 11) is 0. The molecule has 0 N–H and O–H groups in total. The van der Waals surface area contributed by atoms with Crippen LogP contribution in [0.1, 0.15) is 39.4 Å². The fraction of sp³-hybridized carbons (Fsp3) is 0.571. The van der Waals surface area contributed by atoms with Crippen molar-refractivity contribution in [1.82, 2.24) is 4.90 Å². The largest absolute Gasteiger partial charge is 0.338 e. The van der Waals surface area contributed by atoms with Crippen LogP contribution in [0.5, 0.6) is 0 Å². The van der Waals surface area contributed by atoms with Crippen LogP contribution >= 0.6 is 11.3 Å². The standard InChI is InChI=1S/C14H16N2OS/c15-9-10-4-6-16(7-5-10)14(17)13-8-11-2-1-3-12(11)18-13/h8,10H,1-7H2. The predicted octanol–water partition coefficient (Wildman–Crippen LogP) is 2.61. The van der Waals surface area contributed by atoms with E-state index in [9.17, 15) is 4.79 Å². The summed E-state index contributed by atoms with van der Waals surface area (Å²) in [6.07, 6.45) is 5.17. The zero-order valence-electron chi connectivity index (χ0n) is 10.3. The molecule has 94 valence electrons. The average Bonchev–Trinajstić information content (AvgIpc) is 2.99. The summed E-state index contributed by atoms with van der Waals surface area (Å²) in [5.74, 6) is 0.313. The number of carbonyl (C=O) groups excluding carboxylic acids is 1. The van der Waals surface area contributed by atoms with Crippen LogP contribution in [0, 0.1) is 17.2 Å². The van der Waals surface area contributed by atoms with E-state index in [0.717, 1.165) is 43.6 Å². The van der Waals surface area contributed by atoms with Crippen molar-refractivity contribution in [2.75, 3.05) is 13.1 Å². The third-order valence-electron chi connectivity index (χ3n) is 3.92. The number of nitrogens with zero attached hydrogens (tertiary/aromatic N) is 2. The summed E-state index contributed by atoms with van der Waals surface area (Å²) in [5.41, 5.74) is 1.38. The molecule has 0 aromatic carbocycles. The molecule has 1 fully saturated rings. The Morgan fingerprint density at radius 3 is 2.83 bits per heavy atom. The number of amides is 1. The lowest BCUT2D eigenvalue weighted by Crippen LogP contribution is -2.37. The van der Waals surface area contributed by atoms with Crippen LogP contribution in [0.3, 0.4) is 0 Å². The van der Waals surface area contributed by atoms with Gasteiger partial charge in [-0.25, -0.2) is 0 Å². The number of carbonyl (C=O) groups is 1. The molecular weight excluding hydrogens is 244 g/mol. The van der Waals surface area contributed by atoms with E-state index in [0.29, 0.717) is 0 Å². The monoisotopic (exact) mass is 260 g/mol. The van der Waals surface area contributed by atoms with Gasteiger partial charge >= 0.3 is 0 Å². The molecule has 0 saturated carbocycles. The minimum atomic E-state index is 0.141. The molecule has 18 heavy (non-hydrogen) atoms. The summed E-state index contributed by atoms with van der Waals surface area (Å²) in [4.78, 5) is 16.6. The Balaban J connectivity index is 1.69. The lowest BCUT2D eigenvalue weighted by atomic mass is 9.98. The second-order valence-electron chi connectivity index (χ2n) is 5.11. The molecule has 1 aromatic heterocycles. The van der Waals surface area contributed by atoms with Gasteiger partial charge < -0.3 is 4.90 Å². The highest BCUT2D eigenvalue weighted by Crippen LogP contribution is 2.31. The number of likely N-dealkylation sites (tertiary alicyclic amines) is 1. The van der Waals surface area contributed by atoms with E-state index in [1.807, 2.05) is 4.90 Å². The third-order valence-corrected chi connectivity index (χ3v) is 5.15. The maximum atomic E-state index is 12.4. The van der Waals surface area contributed by atoms with Crippen LogP contribution in [0.25, 0.3) is 0 Å². The van der Waals surface area contributed by atoms with Gasteiger partial charge in [0.15, 0.2) is 0 Å². The minimum absolute atomic E-state index is 0.141. The van der Waals surface area contributed by atoms with Crippen molar-refractivity contribution < 1.29 is 4.79 Å². The lowest BCUT2D eigenvalue weighted by Gasteiger charge is -2.28. The summed E-state index contributed by atoms with van der Waals surface area (Å²) in [6, 6.07) is 4.39. The summed E-state index contributed by atoms with van der Waals surface area (Å²) < 4.78 is 0. The molecule has 1 aromatic rings. The van der Waals surface area contributed by atoms with Gasteiger partial charge in [-0.1, -0.05) is 0 Å². The van der Waals surface area contributed by atoms with Crippen LogP contribution in [-0.2, 0) is 12.8 Å². The van der Waals surface area contributed by atoms with E-state index in [1.165, 1.54) is 16.9 Å². The van der Waals surface area contributed by atoms with Gasteiger partial charge in [0.25, 0.3) is 5.91 Å². The molecule has 2 heterocycles. The number of nitriles is 1. The minimum Gasteiger partial charge on any atom is -0.338 e. The van der Waals surface area contributed by atoms with Gasteiger partial charge in [0.05, 0.1) is 10.9 Å². The third kappa shape index (κ3) is 2.04. The summed E-state index contributed by atoms with van der Waals surface area (Å²) in [6.45, 7) is 1.47. The molecule has 1 amide bonds. The number of hydrogen-bond acceptors (Lipinski definition) is 3. The topological polar surface area (TPSA) is 44.1 Å². The average molecular weight is 260 g/mol. The molecular formula is C14H16N2OS. The molecule has 0 bridgehead atoms. The van der Waals surface area contributed by atoms with Gasteiger partial charge in [-0.2, -0.15) is 5.26 Å². The first kappa shape index (κ1) is 11.7. The van der Waals surface area contributed by atoms with Gasteiger partial charge in [0, 0.05) is 23.9 Å². The van der Waals surface area contributed by atoms with E-state index in [2.05, 4.69) is 12.1 Å². The Labute approximate surface area is 111 Å². The van der Waals surface area contributed by atoms with E-state index in [4.69, 9.17) is 5.26 Å². The van der Waals surface area contributed by atoms with Gasteiger partial charge in [-0.3, -0.25) is 4.79 Å². The van der Waals surface area contributed by atoms with E-state index < -0.39 is 0 Å². The summed E-state index contributed by atoms with van der Waals surface area (Å²) in [5, 5.41) is 8.86. The van der Waals surface area contributed by atoms with Crippen molar-refractivity contribution in [3.8, 4) is 6.07 Å². The smallest absolute Gasteiger partial charge is 0.263 e. The van der Waals surface area contributed by atoms with Crippen molar-refractivity contribution in [2.24, 2.45) is 5.92 Å². The van der Waals surface area contributed by atoms with Gasteiger partial charge in [0.1, 0.15) is 0 Å². The highest BCUT2D eigenvalue weighted by atomic mass is 32.1. The first-order valence-corrected chi connectivity index (χ1v) is 7.40. The highest BCUT2D eigenvalue weighted by molar-refractivity contribution is 7.14. The second-order valence-corrected chi connectivity index (χ2v) is 6.24. The number of rotatable bonds is 1. The zero-order valence-corrected chi connectivity index (χ0v) is 11.1. The maximum Gasteiger partial charge on any atom is 0.263 e. The Morgan fingerprint density at radius 1 is 1.39 bits per heavy atom. The SMILES string of the molecule is N#CC1CCN(C(=O)c2cc3c(s2)CCC3)CC1. The first-order chi connectivity index (χ1) is 8.78. The van der Waals surface area contributed by atoms with Gasteiger partial charge in [-0.15, -0.1) is 11.3 Å². The number of aryl methyl sites for hydroxylation is 2. The molecule has 0 radical (unpaired) electrons. The molecule has 3 rings (SSSR count). The van der Waals surface area contributed by atoms with Crippen molar-refractivity contribution in [3.63, 3.8) is 0 Å². The fourth-order valence-electron chi connectivity index (χ4n) is 2.80. The van der Waals surface area contributed by atoms with Crippen LogP contribution < -0.4 is 0 Å². The van der Waals surface area contributed by atoms with Crippen LogP contribution in [0.2, 0.25) is 0 Å². The molecule has 2 aliphatic rings. The molecule has 1 aliphatic carbocycles. The van der Waals surface area contributed by atoms with E-state index in [-0.39, 0.29) is 11.8 Å². The van der Waals surface area contributed by atoms with Crippen LogP contribution in [0.4, 0.5) is 0 Å².